The van der Waals surface area contributed by atoms with Gasteiger partial charge in [-0.05, 0) is 31.2 Å². The molecule has 0 aliphatic rings. The third-order valence-electron chi connectivity index (χ3n) is 2.67. The lowest BCUT2D eigenvalue weighted by atomic mass is 10.2. The summed E-state index contributed by atoms with van der Waals surface area (Å²) in [5.41, 5.74) is -0.401. The quantitative estimate of drug-likeness (QED) is 0.816. The molecule has 0 radical (unpaired) electrons. The van der Waals surface area contributed by atoms with Gasteiger partial charge in [-0.3, -0.25) is 0 Å². The van der Waals surface area contributed by atoms with Gasteiger partial charge in [-0.15, -0.1) is 0 Å². The molecule has 3 nitrogen and oxygen atoms in total. The molecule has 0 saturated carbocycles. The standard InChI is InChI=1S/C13H10ClF4N3/c1-7(15)11-10(14)12(20-6-19-11)21-9-4-2-8(3-5-9)13(16,17)18/h2-7H,1H3,(H,19,20,21). The van der Waals surface area contributed by atoms with Crippen molar-refractivity contribution in [2.24, 2.45) is 0 Å². The van der Waals surface area contributed by atoms with E-state index >= 15 is 0 Å². The van der Waals surface area contributed by atoms with Gasteiger partial charge in [0.2, 0.25) is 0 Å². The largest absolute Gasteiger partial charge is 0.416 e. The van der Waals surface area contributed by atoms with Gasteiger partial charge in [-0.25, -0.2) is 14.4 Å². The highest BCUT2D eigenvalue weighted by Gasteiger charge is 2.30. The fraction of sp³-hybridized carbons (Fsp3) is 0.231. The zero-order valence-corrected chi connectivity index (χ0v) is 11.5. The van der Waals surface area contributed by atoms with E-state index in [0.717, 1.165) is 18.5 Å². The second kappa shape index (κ2) is 5.85. The van der Waals surface area contributed by atoms with Crippen LogP contribution in [0.25, 0.3) is 0 Å². The van der Waals surface area contributed by atoms with Crippen molar-refractivity contribution in [2.75, 3.05) is 5.32 Å². The molecule has 2 rings (SSSR count). The highest BCUT2D eigenvalue weighted by atomic mass is 35.5. The predicted octanol–water partition coefficient (Wildman–Crippen LogP) is 4.92. The Morgan fingerprint density at radius 3 is 2.29 bits per heavy atom. The van der Waals surface area contributed by atoms with Crippen molar-refractivity contribution < 1.29 is 17.6 Å². The molecule has 0 aliphatic heterocycles. The van der Waals surface area contributed by atoms with Gasteiger partial charge in [0.15, 0.2) is 5.82 Å². The third-order valence-corrected chi connectivity index (χ3v) is 3.04. The van der Waals surface area contributed by atoms with E-state index < -0.39 is 17.9 Å². The Bertz CT molecular complexity index is 626. The molecular formula is C13H10ClF4N3. The van der Waals surface area contributed by atoms with E-state index in [1.54, 1.807) is 0 Å². The lowest BCUT2D eigenvalue weighted by Crippen LogP contribution is -2.05. The van der Waals surface area contributed by atoms with Gasteiger partial charge < -0.3 is 5.32 Å². The summed E-state index contributed by atoms with van der Waals surface area (Å²) in [4.78, 5) is 7.56. The second-order valence-electron chi connectivity index (χ2n) is 4.24. The number of aromatic nitrogens is 2. The predicted molar refractivity (Wildman–Crippen MR) is 71.3 cm³/mol. The maximum atomic E-state index is 13.3. The normalized spacial score (nSPS) is 13.0. The van der Waals surface area contributed by atoms with Gasteiger partial charge >= 0.3 is 6.18 Å². The second-order valence-corrected chi connectivity index (χ2v) is 4.62. The number of benzene rings is 1. The number of halogens is 5. The summed E-state index contributed by atoms with van der Waals surface area (Å²) in [5.74, 6) is 0.130. The van der Waals surface area contributed by atoms with E-state index in [1.165, 1.54) is 19.1 Å². The molecule has 0 fully saturated rings. The van der Waals surface area contributed by atoms with Gasteiger partial charge in [0.05, 0.1) is 11.3 Å². The lowest BCUT2D eigenvalue weighted by molar-refractivity contribution is -0.137. The first-order chi connectivity index (χ1) is 9.79. The number of hydrogen-bond acceptors (Lipinski definition) is 3. The fourth-order valence-corrected chi connectivity index (χ4v) is 1.92. The number of nitrogens with one attached hydrogen (secondary N) is 1. The summed E-state index contributed by atoms with van der Waals surface area (Å²) in [7, 11) is 0. The molecule has 2 aromatic rings. The van der Waals surface area contributed by atoms with Crippen molar-refractivity contribution in [3.05, 3.63) is 46.9 Å². The molecule has 21 heavy (non-hydrogen) atoms. The zero-order valence-electron chi connectivity index (χ0n) is 10.7. The Morgan fingerprint density at radius 1 is 1.14 bits per heavy atom. The molecule has 1 N–H and O–H groups in total. The third kappa shape index (κ3) is 3.60. The van der Waals surface area contributed by atoms with Gasteiger partial charge in [0, 0.05) is 5.69 Å². The van der Waals surface area contributed by atoms with Crippen molar-refractivity contribution in [2.45, 2.75) is 19.3 Å². The van der Waals surface area contributed by atoms with Crippen molar-refractivity contribution in [1.82, 2.24) is 9.97 Å². The smallest absolute Gasteiger partial charge is 0.339 e. The van der Waals surface area contributed by atoms with Crippen LogP contribution in [-0.4, -0.2) is 9.97 Å². The zero-order chi connectivity index (χ0) is 15.6. The van der Waals surface area contributed by atoms with E-state index in [-0.39, 0.29) is 16.5 Å². The summed E-state index contributed by atoms with van der Waals surface area (Å²) in [6, 6.07) is 4.33. The van der Waals surface area contributed by atoms with Gasteiger partial charge in [0.25, 0.3) is 0 Å². The molecule has 1 aromatic carbocycles. The summed E-state index contributed by atoms with van der Waals surface area (Å²) in [6.07, 6.45) is -4.65. The van der Waals surface area contributed by atoms with E-state index in [9.17, 15) is 17.6 Å². The average Bonchev–Trinajstić information content (AvgIpc) is 2.40. The van der Waals surface area contributed by atoms with Crippen LogP contribution in [0.5, 0.6) is 0 Å². The van der Waals surface area contributed by atoms with Crippen LogP contribution in [-0.2, 0) is 6.18 Å². The van der Waals surface area contributed by atoms with Crippen LogP contribution in [0, 0.1) is 0 Å². The minimum Gasteiger partial charge on any atom is -0.339 e. The van der Waals surface area contributed by atoms with E-state index in [0.29, 0.717) is 5.69 Å². The summed E-state index contributed by atoms with van der Waals surface area (Å²) in [6.45, 7) is 1.27. The minimum atomic E-state index is -4.40. The molecule has 1 aromatic heterocycles. The fourth-order valence-electron chi connectivity index (χ4n) is 1.63. The molecule has 1 unspecified atom stereocenters. The van der Waals surface area contributed by atoms with Gasteiger partial charge in [-0.1, -0.05) is 11.6 Å². The number of nitrogens with zero attached hydrogens (tertiary/aromatic N) is 2. The van der Waals surface area contributed by atoms with Crippen molar-refractivity contribution >= 4 is 23.1 Å². The number of rotatable bonds is 3. The molecule has 0 bridgehead atoms. The Balaban J connectivity index is 2.25. The number of alkyl halides is 4. The minimum absolute atomic E-state index is 0.00704. The van der Waals surface area contributed by atoms with Crippen LogP contribution in [0.3, 0.4) is 0 Å². The molecule has 112 valence electrons. The Labute approximate surface area is 123 Å². The maximum absolute atomic E-state index is 13.3. The topological polar surface area (TPSA) is 37.8 Å². The highest BCUT2D eigenvalue weighted by molar-refractivity contribution is 6.33. The Kier molecular flexibility index (Phi) is 4.32. The monoisotopic (exact) mass is 319 g/mol. The average molecular weight is 320 g/mol. The van der Waals surface area contributed by atoms with Crippen LogP contribution in [0.1, 0.15) is 24.4 Å². The van der Waals surface area contributed by atoms with E-state index in [1.807, 2.05) is 0 Å². The molecule has 1 heterocycles. The maximum Gasteiger partial charge on any atom is 0.416 e. The molecule has 0 saturated heterocycles. The van der Waals surface area contributed by atoms with Crippen LogP contribution in [0.4, 0.5) is 29.1 Å². The molecule has 0 aliphatic carbocycles. The van der Waals surface area contributed by atoms with Gasteiger partial charge in [-0.2, -0.15) is 13.2 Å². The molecule has 1 atom stereocenters. The summed E-state index contributed by atoms with van der Waals surface area (Å²) >= 11 is 5.95. The van der Waals surface area contributed by atoms with Gasteiger partial charge in [0.1, 0.15) is 17.5 Å². The lowest BCUT2D eigenvalue weighted by Gasteiger charge is -2.11. The molecule has 0 amide bonds. The van der Waals surface area contributed by atoms with Crippen molar-refractivity contribution in [3.8, 4) is 0 Å². The summed E-state index contributed by atoms with van der Waals surface area (Å²) < 4.78 is 50.6. The first-order valence-electron chi connectivity index (χ1n) is 5.88. The van der Waals surface area contributed by atoms with Crippen molar-refractivity contribution in [1.29, 1.82) is 0 Å². The summed E-state index contributed by atoms with van der Waals surface area (Å²) in [5, 5.41) is 2.72. The van der Waals surface area contributed by atoms with E-state index in [4.69, 9.17) is 11.6 Å². The molecule has 0 spiro atoms. The van der Waals surface area contributed by atoms with Crippen LogP contribution >= 0.6 is 11.6 Å². The van der Waals surface area contributed by atoms with Crippen LogP contribution in [0.15, 0.2) is 30.6 Å². The van der Waals surface area contributed by atoms with Crippen LogP contribution < -0.4 is 5.32 Å². The molecular weight excluding hydrogens is 310 g/mol. The first-order valence-corrected chi connectivity index (χ1v) is 6.25. The SMILES string of the molecule is CC(F)c1ncnc(Nc2ccc(C(F)(F)F)cc2)c1Cl. The highest BCUT2D eigenvalue weighted by Crippen LogP contribution is 2.32. The Hall–Kier alpha value is -1.89. The first kappa shape index (κ1) is 15.5. The molecule has 8 heteroatoms. The number of hydrogen-bond donors (Lipinski definition) is 1. The number of anilines is 2. The van der Waals surface area contributed by atoms with Crippen LogP contribution in [0.2, 0.25) is 5.02 Å². The van der Waals surface area contributed by atoms with Crippen molar-refractivity contribution in [3.63, 3.8) is 0 Å². The Morgan fingerprint density at radius 2 is 1.76 bits per heavy atom. The van der Waals surface area contributed by atoms with E-state index in [2.05, 4.69) is 15.3 Å².